The summed E-state index contributed by atoms with van der Waals surface area (Å²) in [6.07, 6.45) is 8.50. The van der Waals surface area contributed by atoms with Gasteiger partial charge in [0.05, 0.1) is 0 Å². The molecule has 2 heterocycles. The Morgan fingerprint density at radius 3 is 1.35 bits per heavy atom. The predicted octanol–water partition coefficient (Wildman–Crippen LogP) is 3.06. The van der Waals surface area contributed by atoms with Crippen LogP contribution >= 0.6 is 0 Å². The molecule has 0 unspecified atom stereocenters. The summed E-state index contributed by atoms with van der Waals surface area (Å²) in [5.74, 6) is 0.625. The number of amides is 2. The van der Waals surface area contributed by atoms with Crippen LogP contribution in [0.1, 0.15) is 65.2 Å². The summed E-state index contributed by atoms with van der Waals surface area (Å²) in [4.78, 5) is 25.5. The van der Waals surface area contributed by atoms with Crippen LogP contribution in [0.2, 0.25) is 0 Å². The largest absolute Gasteiger partial charge is 0.346 e. The highest BCUT2D eigenvalue weighted by Gasteiger charge is 2.11. The van der Waals surface area contributed by atoms with Crippen molar-refractivity contribution in [2.75, 3.05) is 27.2 Å². The van der Waals surface area contributed by atoms with Crippen LogP contribution in [0, 0.1) is 0 Å². The predicted molar refractivity (Wildman–Crippen MR) is 83.6 cm³/mol. The van der Waals surface area contributed by atoms with Crippen molar-refractivity contribution in [2.45, 2.75) is 65.2 Å². The van der Waals surface area contributed by atoms with Crippen LogP contribution in [0.25, 0.3) is 0 Å². The van der Waals surface area contributed by atoms with Crippen molar-refractivity contribution in [2.24, 2.45) is 0 Å². The van der Waals surface area contributed by atoms with E-state index in [0.29, 0.717) is 11.8 Å². The van der Waals surface area contributed by atoms with Gasteiger partial charge in [-0.1, -0.05) is 26.7 Å². The normalized spacial score (nSPS) is 20.0. The van der Waals surface area contributed by atoms with Crippen molar-refractivity contribution in [3.05, 3.63) is 0 Å². The molecule has 2 aliphatic heterocycles. The van der Waals surface area contributed by atoms with Crippen molar-refractivity contribution in [1.82, 2.24) is 9.80 Å². The van der Waals surface area contributed by atoms with Crippen LogP contribution in [0.5, 0.6) is 0 Å². The van der Waals surface area contributed by atoms with Crippen molar-refractivity contribution in [3.8, 4) is 0 Å². The Balaban J connectivity index is 0.000000321. The van der Waals surface area contributed by atoms with E-state index in [9.17, 15) is 9.59 Å². The van der Waals surface area contributed by atoms with E-state index in [1.165, 1.54) is 25.7 Å². The van der Waals surface area contributed by atoms with Crippen molar-refractivity contribution < 1.29 is 9.59 Å². The molecule has 20 heavy (non-hydrogen) atoms. The number of carbonyl (C=O) groups excluding carboxylic acids is 2. The minimum Gasteiger partial charge on any atom is -0.346 e. The van der Waals surface area contributed by atoms with Crippen LogP contribution in [0.15, 0.2) is 0 Å². The molecule has 0 aromatic heterocycles. The fourth-order valence-electron chi connectivity index (χ4n) is 2.24. The zero-order valence-corrected chi connectivity index (χ0v) is 13.8. The molecule has 0 radical (unpaired) electrons. The van der Waals surface area contributed by atoms with Crippen LogP contribution < -0.4 is 0 Å². The summed E-state index contributed by atoms with van der Waals surface area (Å²) in [6.45, 7) is 5.91. The van der Waals surface area contributed by atoms with Gasteiger partial charge in [-0.05, 0) is 25.7 Å². The molecule has 0 N–H and O–H groups in total. The van der Waals surface area contributed by atoms with E-state index in [-0.39, 0.29) is 0 Å². The molecule has 0 atom stereocenters. The summed E-state index contributed by atoms with van der Waals surface area (Å²) < 4.78 is 0. The van der Waals surface area contributed by atoms with Gasteiger partial charge in [-0.25, -0.2) is 0 Å². The molecular weight excluding hydrogens is 252 g/mol. The highest BCUT2D eigenvalue weighted by molar-refractivity contribution is 5.76. The maximum absolute atomic E-state index is 10.9. The second kappa shape index (κ2) is 11.7. The van der Waals surface area contributed by atoms with E-state index in [1.54, 1.807) is 0 Å². The third-order valence-corrected chi connectivity index (χ3v) is 3.62. The van der Waals surface area contributed by atoms with Crippen molar-refractivity contribution in [1.29, 1.82) is 0 Å². The fourth-order valence-corrected chi connectivity index (χ4v) is 2.24. The van der Waals surface area contributed by atoms with E-state index in [4.69, 9.17) is 0 Å². The lowest BCUT2D eigenvalue weighted by Crippen LogP contribution is -2.25. The molecule has 118 valence electrons. The van der Waals surface area contributed by atoms with Gasteiger partial charge in [0.15, 0.2) is 0 Å². The van der Waals surface area contributed by atoms with E-state index in [2.05, 4.69) is 0 Å². The van der Waals surface area contributed by atoms with E-state index < -0.39 is 0 Å². The highest BCUT2D eigenvalue weighted by atomic mass is 16.2. The Morgan fingerprint density at radius 2 is 1.00 bits per heavy atom. The zero-order chi connectivity index (χ0) is 15.4. The van der Waals surface area contributed by atoms with Gasteiger partial charge >= 0.3 is 0 Å². The number of hydrogen-bond acceptors (Lipinski definition) is 2. The minimum absolute atomic E-state index is 0.313. The average molecular weight is 284 g/mol. The quantitative estimate of drug-likeness (QED) is 0.686. The third-order valence-electron chi connectivity index (χ3n) is 3.62. The molecule has 0 bridgehead atoms. The summed E-state index contributed by atoms with van der Waals surface area (Å²) in [5, 5.41) is 0. The summed E-state index contributed by atoms with van der Waals surface area (Å²) in [6, 6.07) is 0. The number of hydrogen-bond donors (Lipinski definition) is 0. The standard InChI is InChI=1S/2C7H13NO.C2H6/c2*1-8-6-4-2-3-5-7(8)9;1-2/h2*2-6H2,1H3;1-2H3. The summed E-state index contributed by atoms with van der Waals surface area (Å²) >= 11 is 0. The Kier molecular flexibility index (Phi) is 11.1. The average Bonchev–Trinajstić information content (AvgIpc) is 2.76. The molecule has 2 aliphatic rings. The second-order valence-electron chi connectivity index (χ2n) is 5.25. The smallest absolute Gasteiger partial charge is 0.222 e. The maximum atomic E-state index is 10.9. The Hall–Kier alpha value is -1.06. The fraction of sp³-hybridized carbons (Fsp3) is 0.875. The molecule has 2 fully saturated rings. The van der Waals surface area contributed by atoms with Crippen LogP contribution in [-0.4, -0.2) is 48.8 Å². The van der Waals surface area contributed by atoms with Gasteiger partial charge < -0.3 is 9.80 Å². The number of likely N-dealkylation sites (tertiary alicyclic amines) is 2. The highest BCUT2D eigenvalue weighted by Crippen LogP contribution is 2.09. The topological polar surface area (TPSA) is 40.6 Å². The van der Waals surface area contributed by atoms with E-state index >= 15 is 0 Å². The lowest BCUT2D eigenvalue weighted by molar-refractivity contribution is -0.130. The van der Waals surface area contributed by atoms with Crippen molar-refractivity contribution in [3.63, 3.8) is 0 Å². The number of carbonyl (C=O) groups is 2. The zero-order valence-electron chi connectivity index (χ0n) is 13.8. The summed E-state index contributed by atoms with van der Waals surface area (Å²) in [7, 11) is 3.77. The molecule has 0 spiro atoms. The van der Waals surface area contributed by atoms with E-state index in [1.807, 2.05) is 37.7 Å². The molecule has 0 aromatic rings. The van der Waals surface area contributed by atoms with Gasteiger partial charge in [0.25, 0.3) is 0 Å². The van der Waals surface area contributed by atoms with Crippen molar-refractivity contribution >= 4 is 11.8 Å². The molecule has 0 saturated carbocycles. The molecule has 4 nitrogen and oxygen atoms in total. The van der Waals surface area contributed by atoms with Gasteiger partial charge in [-0.15, -0.1) is 0 Å². The van der Waals surface area contributed by atoms with Gasteiger partial charge in [0.2, 0.25) is 11.8 Å². The van der Waals surface area contributed by atoms with Crippen LogP contribution in [-0.2, 0) is 9.59 Å². The molecule has 0 aliphatic carbocycles. The Morgan fingerprint density at radius 1 is 0.650 bits per heavy atom. The summed E-state index contributed by atoms with van der Waals surface area (Å²) in [5.41, 5.74) is 0. The van der Waals surface area contributed by atoms with Gasteiger partial charge in [-0.2, -0.15) is 0 Å². The first-order chi connectivity index (χ1) is 9.61. The third kappa shape index (κ3) is 8.18. The molecule has 2 amide bonds. The van der Waals surface area contributed by atoms with E-state index in [0.717, 1.165) is 38.8 Å². The first kappa shape index (κ1) is 18.9. The SMILES string of the molecule is CC.CN1CCCCCC1=O.CN1CCCCCC1=O. The minimum atomic E-state index is 0.313. The molecule has 0 aromatic carbocycles. The monoisotopic (exact) mass is 284 g/mol. The molecular formula is C16H32N2O2. The second-order valence-corrected chi connectivity index (χ2v) is 5.25. The lowest BCUT2D eigenvalue weighted by Gasteiger charge is -2.11. The lowest BCUT2D eigenvalue weighted by atomic mass is 10.2. The molecule has 2 saturated heterocycles. The molecule has 2 rings (SSSR count). The number of nitrogens with zero attached hydrogens (tertiary/aromatic N) is 2. The van der Waals surface area contributed by atoms with Gasteiger partial charge in [0.1, 0.15) is 0 Å². The van der Waals surface area contributed by atoms with Gasteiger partial charge in [-0.3, -0.25) is 9.59 Å². The Bertz CT molecular complexity index is 252. The van der Waals surface area contributed by atoms with Gasteiger partial charge in [0, 0.05) is 40.0 Å². The maximum Gasteiger partial charge on any atom is 0.222 e. The van der Waals surface area contributed by atoms with Crippen LogP contribution in [0.3, 0.4) is 0 Å². The molecule has 4 heteroatoms. The first-order valence-corrected chi connectivity index (χ1v) is 8.09. The Labute approximate surface area is 124 Å². The number of rotatable bonds is 0. The first-order valence-electron chi connectivity index (χ1n) is 8.09. The van der Waals surface area contributed by atoms with Crippen LogP contribution in [0.4, 0.5) is 0 Å².